The Bertz CT molecular complexity index is 414. The second kappa shape index (κ2) is 7.87. The summed E-state index contributed by atoms with van der Waals surface area (Å²) in [5.41, 5.74) is 7.52. The van der Waals surface area contributed by atoms with Crippen LogP contribution in [0.15, 0.2) is 24.3 Å². The van der Waals surface area contributed by atoms with E-state index in [4.69, 9.17) is 10.5 Å². The summed E-state index contributed by atoms with van der Waals surface area (Å²) in [5, 5.41) is 2.97. The maximum absolute atomic E-state index is 11.7. The summed E-state index contributed by atoms with van der Waals surface area (Å²) in [6.45, 7) is 5.12. The Morgan fingerprint density at radius 2 is 1.95 bits per heavy atom. The molecule has 1 aliphatic rings. The average Bonchev–Trinajstić information content (AvgIpc) is 2.48. The molecule has 0 spiro atoms. The Morgan fingerprint density at radius 3 is 2.65 bits per heavy atom. The maximum Gasteiger partial charge on any atom is 0.220 e. The van der Waals surface area contributed by atoms with Crippen molar-refractivity contribution in [2.75, 3.05) is 45.1 Å². The van der Waals surface area contributed by atoms with Crippen LogP contribution >= 0.6 is 0 Å². The first-order chi connectivity index (χ1) is 9.74. The van der Waals surface area contributed by atoms with Crippen molar-refractivity contribution < 1.29 is 9.53 Å². The van der Waals surface area contributed by atoms with Gasteiger partial charge in [-0.25, -0.2) is 0 Å². The number of nitrogens with zero attached hydrogens (tertiary/aromatic N) is 1. The average molecular weight is 277 g/mol. The molecule has 1 aromatic rings. The van der Waals surface area contributed by atoms with Crippen LogP contribution in [-0.2, 0) is 16.0 Å². The van der Waals surface area contributed by atoms with Gasteiger partial charge in [0.05, 0.1) is 13.2 Å². The van der Waals surface area contributed by atoms with Gasteiger partial charge in [-0.05, 0) is 24.1 Å². The second-order valence-corrected chi connectivity index (χ2v) is 5.05. The molecule has 0 atom stereocenters. The van der Waals surface area contributed by atoms with Crippen molar-refractivity contribution in [3.8, 4) is 0 Å². The lowest BCUT2D eigenvalue weighted by Crippen LogP contribution is -2.41. The minimum Gasteiger partial charge on any atom is -0.399 e. The van der Waals surface area contributed by atoms with Gasteiger partial charge in [-0.3, -0.25) is 9.69 Å². The molecular weight excluding hydrogens is 254 g/mol. The van der Waals surface area contributed by atoms with Gasteiger partial charge >= 0.3 is 0 Å². The summed E-state index contributed by atoms with van der Waals surface area (Å²) >= 11 is 0. The highest BCUT2D eigenvalue weighted by Crippen LogP contribution is 2.07. The lowest BCUT2D eigenvalue weighted by Gasteiger charge is -2.26. The van der Waals surface area contributed by atoms with E-state index in [2.05, 4.69) is 10.2 Å². The maximum atomic E-state index is 11.7. The number of hydrogen-bond acceptors (Lipinski definition) is 4. The molecule has 5 nitrogen and oxygen atoms in total. The number of amides is 1. The molecule has 0 saturated carbocycles. The molecule has 1 saturated heterocycles. The van der Waals surface area contributed by atoms with Crippen LogP contribution in [0.1, 0.15) is 12.0 Å². The fraction of sp³-hybridized carbons (Fsp3) is 0.533. The summed E-state index contributed by atoms with van der Waals surface area (Å²) in [5.74, 6) is 0.107. The molecule has 1 aliphatic heterocycles. The van der Waals surface area contributed by atoms with Crippen molar-refractivity contribution in [2.24, 2.45) is 0 Å². The van der Waals surface area contributed by atoms with E-state index in [-0.39, 0.29) is 5.91 Å². The highest BCUT2D eigenvalue weighted by Gasteiger charge is 2.10. The zero-order chi connectivity index (χ0) is 14.2. The van der Waals surface area contributed by atoms with Crippen LogP contribution in [0.25, 0.3) is 0 Å². The van der Waals surface area contributed by atoms with Gasteiger partial charge in [-0.2, -0.15) is 0 Å². The van der Waals surface area contributed by atoms with Crippen LogP contribution in [0, 0.1) is 0 Å². The molecule has 0 aliphatic carbocycles. The van der Waals surface area contributed by atoms with Crippen LogP contribution in [-0.4, -0.2) is 50.2 Å². The number of hydrogen-bond donors (Lipinski definition) is 2. The second-order valence-electron chi connectivity index (χ2n) is 5.05. The zero-order valence-electron chi connectivity index (χ0n) is 11.8. The van der Waals surface area contributed by atoms with Crippen LogP contribution in [0.5, 0.6) is 0 Å². The molecule has 0 bridgehead atoms. The number of carbonyl (C=O) groups excluding carboxylic acids is 1. The third-order valence-electron chi connectivity index (χ3n) is 3.47. The number of benzene rings is 1. The number of aryl methyl sites for hydroxylation is 1. The van der Waals surface area contributed by atoms with Crippen molar-refractivity contribution in [2.45, 2.75) is 12.8 Å². The van der Waals surface area contributed by atoms with Gasteiger partial charge in [0.1, 0.15) is 0 Å². The molecule has 0 aromatic heterocycles. The van der Waals surface area contributed by atoms with Gasteiger partial charge in [0.15, 0.2) is 0 Å². The molecule has 1 aromatic carbocycles. The monoisotopic (exact) mass is 277 g/mol. The molecule has 20 heavy (non-hydrogen) atoms. The fourth-order valence-corrected chi connectivity index (χ4v) is 2.21. The normalized spacial score (nSPS) is 16.0. The number of nitrogens with two attached hydrogens (primary N) is 1. The SMILES string of the molecule is Nc1ccc(CCC(=O)NCCN2CCOCC2)cc1. The summed E-state index contributed by atoms with van der Waals surface area (Å²) in [6.07, 6.45) is 1.27. The van der Waals surface area contributed by atoms with Gasteiger partial charge in [0, 0.05) is 38.3 Å². The van der Waals surface area contributed by atoms with Gasteiger partial charge < -0.3 is 15.8 Å². The highest BCUT2D eigenvalue weighted by molar-refractivity contribution is 5.76. The molecule has 0 radical (unpaired) electrons. The topological polar surface area (TPSA) is 67.6 Å². The summed E-state index contributed by atoms with van der Waals surface area (Å²) in [7, 11) is 0. The Labute approximate surface area is 120 Å². The summed E-state index contributed by atoms with van der Waals surface area (Å²) in [6, 6.07) is 7.67. The third kappa shape index (κ3) is 5.19. The van der Waals surface area contributed by atoms with E-state index < -0.39 is 0 Å². The van der Waals surface area contributed by atoms with E-state index in [1.165, 1.54) is 0 Å². The van der Waals surface area contributed by atoms with Crippen molar-refractivity contribution in [1.82, 2.24) is 10.2 Å². The molecule has 5 heteroatoms. The highest BCUT2D eigenvalue weighted by atomic mass is 16.5. The number of anilines is 1. The number of rotatable bonds is 6. The first-order valence-electron chi connectivity index (χ1n) is 7.15. The lowest BCUT2D eigenvalue weighted by molar-refractivity contribution is -0.121. The number of ether oxygens (including phenoxy) is 1. The van der Waals surface area contributed by atoms with Gasteiger partial charge in [-0.15, -0.1) is 0 Å². The van der Waals surface area contributed by atoms with Crippen LogP contribution in [0.2, 0.25) is 0 Å². The zero-order valence-corrected chi connectivity index (χ0v) is 11.8. The first-order valence-corrected chi connectivity index (χ1v) is 7.15. The molecule has 3 N–H and O–H groups in total. The predicted molar refractivity (Wildman–Crippen MR) is 79.4 cm³/mol. The van der Waals surface area contributed by atoms with E-state index >= 15 is 0 Å². The first kappa shape index (κ1) is 14.8. The molecule has 110 valence electrons. The summed E-state index contributed by atoms with van der Waals surface area (Å²) in [4.78, 5) is 14.1. The third-order valence-corrected chi connectivity index (χ3v) is 3.47. The number of nitrogen functional groups attached to an aromatic ring is 1. The van der Waals surface area contributed by atoms with E-state index in [1.807, 2.05) is 24.3 Å². The Morgan fingerprint density at radius 1 is 1.25 bits per heavy atom. The lowest BCUT2D eigenvalue weighted by atomic mass is 10.1. The van der Waals surface area contributed by atoms with E-state index in [0.29, 0.717) is 13.0 Å². The number of morpholine rings is 1. The molecule has 1 fully saturated rings. The molecule has 0 unspecified atom stereocenters. The molecule has 1 amide bonds. The number of nitrogens with one attached hydrogen (secondary N) is 1. The van der Waals surface area contributed by atoms with E-state index in [0.717, 1.165) is 50.5 Å². The van der Waals surface area contributed by atoms with Crippen LogP contribution < -0.4 is 11.1 Å². The summed E-state index contributed by atoms with van der Waals surface area (Å²) < 4.78 is 5.29. The quantitative estimate of drug-likeness (QED) is 0.749. The number of carbonyl (C=O) groups is 1. The van der Waals surface area contributed by atoms with Gasteiger partial charge in [-0.1, -0.05) is 12.1 Å². The Kier molecular flexibility index (Phi) is 5.83. The Hall–Kier alpha value is -1.59. The predicted octanol–water partition coefficient (Wildman–Crippen LogP) is 0.650. The van der Waals surface area contributed by atoms with Crippen molar-refractivity contribution in [3.63, 3.8) is 0 Å². The Balaban J connectivity index is 1.59. The largest absolute Gasteiger partial charge is 0.399 e. The van der Waals surface area contributed by atoms with Gasteiger partial charge in [0.2, 0.25) is 5.91 Å². The smallest absolute Gasteiger partial charge is 0.220 e. The van der Waals surface area contributed by atoms with Crippen molar-refractivity contribution in [3.05, 3.63) is 29.8 Å². The standard InChI is InChI=1S/C15H23N3O2/c16-14-4-1-13(2-5-14)3-6-15(19)17-7-8-18-9-11-20-12-10-18/h1-2,4-5H,3,6-12,16H2,(H,17,19). The molecular formula is C15H23N3O2. The van der Waals surface area contributed by atoms with Crippen molar-refractivity contribution >= 4 is 11.6 Å². The van der Waals surface area contributed by atoms with E-state index in [9.17, 15) is 4.79 Å². The molecule has 2 rings (SSSR count). The van der Waals surface area contributed by atoms with Crippen molar-refractivity contribution in [1.29, 1.82) is 0 Å². The molecule has 1 heterocycles. The van der Waals surface area contributed by atoms with E-state index in [1.54, 1.807) is 0 Å². The minimum absolute atomic E-state index is 0.107. The minimum atomic E-state index is 0.107. The van der Waals surface area contributed by atoms with Crippen LogP contribution in [0.3, 0.4) is 0 Å². The fourth-order valence-electron chi connectivity index (χ4n) is 2.21. The van der Waals surface area contributed by atoms with Gasteiger partial charge in [0.25, 0.3) is 0 Å². The van der Waals surface area contributed by atoms with Crippen LogP contribution in [0.4, 0.5) is 5.69 Å².